The summed E-state index contributed by atoms with van der Waals surface area (Å²) in [6, 6.07) is 29.7. The fraction of sp³-hybridized carbons (Fsp3) is 0.240. The standard InChI is InChI=1S/C25H26O4/c1-2-28-24(27)18-23(26)19-29-25(20-12-6-3-7-13-20,21-14-8-4-9-15-21)22-16-10-5-11-17-22/h3-17,23,26H,2,18-19H2,1H3/t23-/m0/s1. The smallest absolute Gasteiger partial charge is 0.308 e. The minimum absolute atomic E-state index is 0.0164. The molecule has 0 unspecified atom stereocenters. The van der Waals surface area contributed by atoms with E-state index < -0.39 is 17.7 Å². The molecule has 0 aliphatic carbocycles. The molecule has 0 radical (unpaired) electrons. The summed E-state index contributed by atoms with van der Waals surface area (Å²) in [7, 11) is 0. The van der Waals surface area contributed by atoms with Crippen LogP contribution in [-0.4, -0.2) is 30.4 Å². The van der Waals surface area contributed by atoms with Crippen LogP contribution in [0.2, 0.25) is 0 Å². The Morgan fingerprint density at radius 3 is 1.62 bits per heavy atom. The van der Waals surface area contributed by atoms with Crippen molar-refractivity contribution in [1.82, 2.24) is 0 Å². The van der Waals surface area contributed by atoms with Crippen molar-refractivity contribution in [3.05, 3.63) is 108 Å². The van der Waals surface area contributed by atoms with Crippen molar-refractivity contribution in [2.24, 2.45) is 0 Å². The van der Waals surface area contributed by atoms with E-state index in [1.165, 1.54) is 0 Å². The molecule has 0 spiro atoms. The highest BCUT2D eigenvalue weighted by atomic mass is 16.5. The Hall–Kier alpha value is -2.95. The summed E-state index contributed by atoms with van der Waals surface area (Å²) in [6.07, 6.45) is -1.08. The van der Waals surface area contributed by atoms with E-state index in [1.54, 1.807) is 6.92 Å². The van der Waals surface area contributed by atoms with Gasteiger partial charge in [0.1, 0.15) is 5.60 Å². The maximum absolute atomic E-state index is 11.8. The highest BCUT2D eigenvalue weighted by Crippen LogP contribution is 2.40. The monoisotopic (exact) mass is 390 g/mol. The van der Waals surface area contributed by atoms with Crippen molar-refractivity contribution < 1.29 is 19.4 Å². The first-order valence-electron chi connectivity index (χ1n) is 9.81. The molecule has 0 aliphatic heterocycles. The van der Waals surface area contributed by atoms with Crippen LogP contribution in [0.4, 0.5) is 0 Å². The van der Waals surface area contributed by atoms with Crippen LogP contribution in [0.1, 0.15) is 30.0 Å². The van der Waals surface area contributed by atoms with Crippen LogP contribution in [-0.2, 0) is 19.9 Å². The van der Waals surface area contributed by atoms with Gasteiger partial charge in [-0.3, -0.25) is 4.79 Å². The largest absolute Gasteiger partial charge is 0.466 e. The van der Waals surface area contributed by atoms with Crippen LogP contribution in [0.25, 0.3) is 0 Å². The zero-order chi connectivity index (χ0) is 20.5. The number of rotatable bonds is 9. The minimum atomic E-state index is -0.968. The van der Waals surface area contributed by atoms with Crippen molar-refractivity contribution in [2.45, 2.75) is 25.0 Å². The average Bonchev–Trinajstić information content (AvgIpc) is 2.76. The molecule has 0 heterocycles. The van der Waals surface area contributed by atoms with Crippen molar-refractivity contribution >= 4 is 5.97 Å². The number of aliphatic hydroxyl groups is 1. The first-order valence-corrected chi connectivity index (χ1v) is 9.81. The van der Waals surface area contributed by atoms with E-state index in [2.05, 4.69) is 0 Å². The number of carbonyl (C=O) groups excluding carboxylic acids is 1. The Morgan fingerprint density at radius 2 is 1.24 bits per heavy atom. The predicted octanol–water partition coefficient (Wildman–Crippen LogP) is 4.31. The first-order chi connectivity index (χ1) is 14.2. The Morgan fingerprint density at radius 1 is 0.828 bits per heavy atom. The lowest BCUT2D eigenvalue weighted by Gasteiger charge is -2.36. The number of aliphatic hydroxyl groups excluding tert-OH is 1. The van der Waals surface area contributed by atoms with Gasteiger partial charge in [-0.05, 0) is 23.6 Å². The van der Waals surface area contributed by atoms with Crippen LogP contribution >= 0.6 is 0 Å². The molecule has 150 valence electrons. The van der Waals surface area contributed by atoms with Crippen LogP contribution < -0.4 is 0 Å². The van der Waals surface area contributed by atoms with Gasteiger partial charge in [0, 0.05) is 0 Å². The maximum atomic E-state index is 11.8. The van der Waals surface area contributed by atoms with Gasteiger partial charge in [0.05, 0.1) is 25.7 Å². The summed E-state index contributed by atoms with van der Waals surface area (Å²) in [4.78, 5) is 11.8. The number of hydrogen-bond acceptors (Lipinski definition) is 4. The Labute approximate surface area is 171 Å². The molecular weight excluding hydrogens is 364 g/mol. The zero-order valence-electron chi connectivity index (χ0n) is 16.5. The van der Waals surface area contributed by atoms with Crippen molar-refractivity contribution in [1.29, 1.82) is 0 Å². The third kappa shape index (κ3) is 4.91. The number of ether oxygens (including phenoxy) is 2. The second kappa shape index (κ2) is 10.0. The van der Waals surface area contributed by atoms with Crippen LogP contribution in [0.3, 0.4) is 0 Å². The van der Waals surface area contributed by atoms with Crippen LogP contribution in [0.5, 0.6) is 0 Å². The van der Waals surface area contributed by atoms with Gasteiger partial charge in [-0.15, -0.1) is 0 Å². The van der Waals surface area contributed by atoms with Gasteiger partial charge in [0.25, 0.3) is 0 Å². The fourth-order valence-corrected chi connectivity index (χ4v) is 3.46. The molecule has 0 saturated carbocycles. The lowest BCUT2D eigenvalue weighted by molar-refractivity contribution is -0.147. The van der Waals surface area contributed by atoms with Crippen LogP contribution in [0.15, 0.2) is 91.0 Å². The van der Waals surface area contributed by atoms with Crippen molar-refractivity contribution in [2.75, 3.05) is 13.2 Å². The molecule has 1 atom stereocenters. The Bertz CT molecular complexity index is 782. The van der Waals surface area contributed by atoms with Crippen molar-refractivity contribution in [3.8, 4) is 0 Å². The molecule has 29 heavy (non-hydrogen) atoms. The molecular formula is C25H26O4. The molecule has 4 nitrogen and oxygen atoms in total. The molecule has 0 fully saturated rings. The molecule has 1 N–H and O–H groups in total. The lowest BCUT2D eigenvalue weighted by Crippen LogP contribution is -2.36. The summed E-state index contributed by atoms with van der Waals surface area (Å²) in [5, 5.41) is 10.4. The number of esters is 1. The number of benzene rings is 3. The first kappa shape index (κ1) is 20.8. The molecule has 0 amide bonds. The highest BCUT2D eigenvalue weighted by Gasteiger charge is 2.38. The van der Waals surface area contributed by atoms with E-state index in [0.717, 1.165) is 16.7 Å². The SMILES string of the molecule is CCOC(=O)C[C@H](O)COC(c1ccccc1)(c1ccccc1)c1ccccc1. The highest BCUT2D eigenvalue weighted by molar-refractivity contribution is 5.69. The van der Waals surface area contributed by atoms with E-state index in [1.807, 2.05) is 91.0 Å². The molecule has 3 rings (SSSR count). The summed E-state index contributed by atoms with van der Waals surface area (Å²) >= 11 is 0. The van der Waals surface area contributed by atoms with Crippen LogP contribution in [0, 0.1) is 0 Å². The summed E-state index contributed by atoms with van der Waals surface area (Å²) in [5.41, 5.74) is 1.92. The predicted molar refractivity (Wildman–Crippen MR) is 112 cm³/mol. The summed E-state index contributed by atoms with van der Waals surface area (Å²) in [5.74, 6) is -0.437. The van der Waals surface area contributed by atoms with Gasteiger partial charge in [0.2, 0.25) is 0 Å². The zero-order valence-corrected chi connectivity index (χ0v) is 16.5. The summed E-state index contributed by atoms with van der Waals surface area (Å²) < 4.78 is 11.4. The van der Waals surface area contributed by atoms with E-state index in [0.29, 0.717) is 0 Å². The normalized spacial score (nSPS) is 12.3. The Kier molecular flexibility index (Phi) is 7.17. The maximum Gasteiger partial charge on any atom is 0.308 e. The lowest BCUT2D eigenvalue weighted by atomic mass is 9.80. The van der Waals surface area contributed by atoms with Gasteiger partial charge in [0.15, 0.2) is 0 Å². The van der Waals surface area contributed by atoms with E-state index in [4.69, 9.17) is 9.47 Å². The van der Waals surface area contributed by atoms with Gasteiger partial charge >= 0.3 is 5.97 Å². The van der Waals surface area contributed by atoms with Gasteiger partial charge in [-0.25, -0.2) is 0 Å². The number of hydrogen-bond donors (Lipinski definition) is 1. The van der Waals surface area contributed by atoms with E-state index in [-0.39, 0.29) is 19.6 Å². The minimum Gasteiger partial charge on any atom is -0.466 e. The topological polar surface area (TPSA) is 55.8 Å². The third-order valence-corrected chi connectivity index (χ3v) is 4.74. The Balaban J connectivity index is 2.02. The second-order valence-corrected chi connectivity index (χ2v) is 6.75. The molecule has 3 aromatic carbocycles. The average molecular weight is 390 g/mol. The summed E-state index contributed by atoms with van der Waals surface area (Å²) in [6.45, 7) is 2.01. The van der Waals surface area contributed by atoms with E-state index in [9.17, 15) is 9.90 Å². The molecule has 3 aromatic rings. The third-order valence-electron chi connectivity index (χ3n) is 4.74. The molecule has 4 heteroatoms. The van der Waals surface area contributed by atoms with Gasteiger partial charge in [-0.1, -0.05) is 91.0 Å². The van der Waals surface area contributed by atoms with Gasteiger partial charge < -0.3 is 14.6 Å². The fourth-order valence-electron chi connectivity index (χ4n) is 3.46. The van der Waals surface area contributed by atoms with Gasteiger partial charge in [-0.2, -0.15) is 0 Å². The number of carbonyl (C=O) groups is 1. The molecule has 0 aliphatic rings. The molecule has 0 bridgehead atoms. The second-order valence-electron chi connectivity index (χ2n) is 6.75. The molecule has 0 aromatic heterocycles. The van der Waals surface area contributed by atoms with E-state index >= 15 is 0 Å². The quantitative estimate of drug-likeness (QED) is 0.437. The molecule has 0 saturated heterocycles. The van der Waals surface area contributed by atoms with Crippen molar-refractivity contribution in [3.63, 3.8) is 0 Å².